The van der Waals surface area contributed by atoms with Gasteiger partial charge >= 0.3 is 5.97 Å². The minimum absolute atomic E-state index is 0.317. The minimum Gasteiger partial charge on any atom is -0.451 e. The summed E-state index contributed by atoms with van der Waals surface area (Å²) in [5.41, 5.74) is 1.95. The summed E-state index contributed by atoms with van der Waals surface area (Å²) in [5.74, 6) is -0.317. The van der Waals surface area contributed by atoms with Gasteiger partial charge in [-0.15, -0.1) is 11.3 Å². The molecule has 0 spiro atoms. The van der Waals surface area contributed by atoms with Crippen LogP contribution < -0.4 is 0 Å². The van der Waals surface area contributed by atoms with E-state index >= 15 is 0 Å². The first kappa shape index (κ1) is 13.4. The fourth-order valence-electron chi connectivity index (χ4n) is 3.14. The topological polar surface area (TPSA) is 26.3 Å². The van der Waals surface area contributed by atoms with E-state index in [1.165, 1.54) is 28.5 Å². The van der Waals surface area contributed by atoms with Crippen molar-refractivity contribution in [3.05, 3.63) is 47.9 Å². The molecule has 0 atom stereocenters. The molecule has 2 nitrogen and oxygen atoms in total. The molecule has 0 saturated heterocycles. The van der Waals surface area contributed by atoms with Crippen LogP contribution in [0, 0.1) is 0 Å². The lowest BCUT2D eigenvalue weighted by Crippen LogP contribution is -2.34. The Labute approximate surface area is 123 Å². The van der Waals surface area contributed by atoms with Crippen LogP contribution in [-0.4, -0.2) is 5.97 Å². The summed E-state index contributed by atoms with van der Waals surface area (Å²) in [6, 6.07) is 8.42. The second-order valence-electron chi connectivity index (χ2n) is 5.32. The van der Waals surface area contributed by atoms with Crippen LogP contribution >= 0.6 is 11.3 Å². The van der Waals surface area contributed by atoms with Crippen molar-refractivity contribution in [2.75, 3.05) is 0 Å². The average Bonchev–Trinajstić information content (AvgIpc) is 2.92. The molecule has 0 radical (unpaired) electrons. The van der Waals surface area contributed by atoms with Crippen LogP contribution in [-0.2, 0) is 15.1 Å². The van der Waals surface area contributed by atoms with Gasteiger partial charge in [-0.3, -0.25) is 0 Å². The van der Waals surface area contributed by atoms with Crippen LogP contribution in [0.4, 0.5) is 0 Å². The van der Waals surface area contributed by atoms with Gasteiger partial charge in [0.25, 0.3) is 0 Å². The molecule has 0 N–H and O–H groups in total. The molecule has 1 saturated carbocycles. The Morgan fingerprint density at radius 2 is 2.05 bits per heavy atom. The van der Waals surface area contributed by atoms with Gasteiger partial charge in [-0.2, -0.15) is 0 Å². The zero-order valence-electron chi connectivity index (χ0n) is 11.4. The van der Waals surface area contributed by atoms with E-state index in [-0.39, 0.29) is 5.97 Å². The van der Waals surface area contributed by atoms with Crippen molar-refractivity contribution >= 4 is 17.3 Å². The Bertz CT molecular complexity index is 593. The summed E-state index contributed by atoms with van der Waals surface area (Å²) in [5, 5.41) is 2.08. The number of hydrogen-bond donors (Lipinski definition) is 0. The highest BCUT2D eigenvalue weighted by atomic mass is 32.1. The average molecular weight is 286 g/mol. The molecule has 0 aromatic heterocycles. The molecule has 20 heavy (non-hydrogen) atoms. The maximum atomic E-state index is 11.8. The monoisotopic (exact) mass is 286 g/mol. The van der Waals surface area contributed by atoms with E-state index in [1.807, 2.05) is 0 Å². The first-order valence-corrected chi connectivity index (χ1v) is 7.95. The molecule has 1 aliphatic heterocycles. The third-order valence-corrected chi connectivity index (χ3v) is 5.08. The molecule has 0 bridgehead atoms. The molecule has 0 aromatic rings. The van der Waals surface area contributed by atoms with Crippen molar-refractivity contribution in [2.24, 2.45) is 0 Å². The number of hydrogen-bond acceptors (Lipinski definition) is 3. The molecule has 104 valence electrons. The largest absolute Gasteiger partial charge is 0.451 e. The lowest BCUT2D eigenvalue weighted by molar-refractivity contribution is -0.158. The SMILES string of the molecule is C=CC(=O)OC1(c2ccc3cccsc2-3)CCCCC1. The zero-order chi connectivity index (χ0) is 14.0. The van der Waals surface area contributed by atoms with E-state index < -0.39 is 5.60 Å². The highest BCUT2D eigenvalue weighted by molar-refractivity contribution is 7.13. The van der Waals surface area contributed by atoms with Crippen molar-refractivity contribution in [1.29, 1.82) is 0 Å². The first-order chi connectivity index (χ1) is 9.75. The van der Waals surface area contributed by atoms with E-state index in [0.717, 1.165) is 25.7 Å². The molecule has 2 aliphatic carbocycles. The maximum Gasteiger partial charge on any atom is 0.331 e. The third-order valence-electron chi connectivity index (χ3n) is 4.09. The highest BCUT2D eigenvalue weighted by Gasteiger charge is 2.40. The van der Waals surface area contributed by atoms with Gasteiger partial charge in [0.2, 0.25) is 0 Å². The van der Waals surface area contributed by atoms with Crippen molar-refractivity contribution in [1.82, 2.24) is 0 Å². The van der Waals surface area contributed by atoms with Crippen molar-refractivity contribution < 1.29 is 9.53 Å². The lowest BCUT2D eigenvalue weighted by Gasteiger charge is -2.37. The molecular formula is C17H18O2S. The highest BCUT2D eigenvalue weighted by Crippen LogP contribution is 2.47. The van der Waals surface area contributed by atoms with Gasteiger partial charge in [0.05, 0.1) is 0 Å². The summed E-state index contributed by atoms with van der Waals surface area (Å²) in [7, 11) is 0. The number of ether oxygens (including phenoxy) is 1. The van der Waals surface area contributed by atoms with Crippen LogP contribution in [0.25, 0.3) is 10.4 Å². The van der Waals surface area contributed by atoms with Crippen LogP contribution in [0.15, 0.2) is 42.3 Å². The standard InChI is InChI=1S/C17H18O2S/c1-2-15(18)19-17(10-4-3-5-11-17)14-9-8-13-7-6-12-20-16(13)14/h2,6-9,12H,1,3-5,10-11H2. The molecule has 3 aliphatic rings. The summed E-state index contributed by atoms with van der Waals surface area (Å²) in [6.45, 7) is 3.53. The van der Waals surface area contributed by atoms with E-state index in [4.69, 9.17) is 4.74 Å². The van der Waals surface area contributed by atoms with Crippen LogP contribution in [0.2, 0.25) is 0 Å². The molecular weight excluding hydrogens is 268 g/mol. The van der Waals surface area contributed by atoms with Gasteiger partial charge in [-0.1, -0.05) is 37.3 Å². The molecule has 1 heterocycles. The maximum absolute atomic E-state index is 11.8. The smallest absolute Gasteiger partial charge is 0.331 e. The van der Waals surface area contributed by atoms with E-state index in [1.54, 1.807) is 11.3 Å². The van der Waals surface area contributed by atoms with E-state index in [0.29, 0.717) is 0 Å². The van der Waals surface area contributed by atoms with Gasteiger partial charge in [-0.25, -0.2) is 4.79 Å². The second-order valence-corrected chi connectivity index (χ2v) is 6.24. The summed E-state index contributed by atoms with van der Waals surface area (Å²) < 4.78 is 5.83. The number of carbonyl (C=O) groups excluding carboxylic acids is 1. The second kappa shape index (κ2) is 5.41. The number of carbonyl (C=O) groups is 1. The molecule has 3 rings (SSSR count). The molecule has 1 fully saturated rings. The fourth-order valence-corrected chi connectivity index (χ4v) is 4.08. The molecule has 0 aromatic carbocycles. The molecule has 0 amide bonds. The van der Waals surface area contributed by atoms with Gasteiger partial charge < -0.3 is 4.74 Å². The van der Waals surface area contributed by atoms with Gasteiger partial charge in [-0.05, 0) is 36.6 Å². The summed E-state index contributed by atoms with van der Waals surface area (Å²) >= 11 is 1.72. The Balaban J connectivity index is 2.04. The number of esters is 1. The Morgan fingerprint density at radius 1 is 1.25 bits per heavy atom. The Hall–Kier alpha value is -1.61. The fraction of sp³-hybridized carbons (Fsp3) is 0.353. The zero-order valence-corrected chi connectivity index (χ0v) is 12.2. The normalized spacial score (nSPS) is 17.8. The Kier molecular flexibility index (Phi) is 3.62. The summed E-state index contributed by atoms with van der Waals surface area (Å²) in [4.78, 5) is 13.0. The molecule has 3 heteroatoms. The van der Waals surface area contributed by atoms with Gasteiger partial charge in [0, 0.05) is 16.5 Å². The van der Waals surface area contributed by atoms with Crippen LogP contribution in [0.3, 0.4) is 0 Å². The number of fused-ring (bicyclic) bond motifs is 1. The predicted molar refractivity (Wildman–Crippen MR) is 82.0 cm³/mol. The van der Waals surface area contributed by atoms with Crippen molar-refractivity contribution in [3.8, 4) is 10.4 Å². The van der Waals surface area contributed by atoms with Crippen LogP contribution in [0.1, 0.15) is 37.7 Å². The Morgan fingerprint density at radius 3 is 2.80 bits per heavy atom. The number of rotatable bonds is 3. The van der Waals surface area contributed by atoms with Gasteiger partial charge in [0.1, 0.15) is 5.60 Å². The lowest BCUT2D eigenvalue weighted by atomic mass is 9.80. The van der Waals surface area contributed by atoms with Crippen molar-refractivity contribution in [3.63, 3.8) is 0 Å². The third kappa shape index (κ3) is 2.27. The first-order valence-electron chi connectivity index (χ1n) is 7.07. The minimum atomic E-state index is -0.455. The van der Waals surface area contributed by atoms with E-state index in [2.05, 4.69) is 36.2 Å². The summed E-state index contributed by atoms with van der Waals surface area (Å²) in [6.07, 6.45) is 6.52. The van der Waals surface area contributed by atoms with E-state index in [9.17, 15) is 4.79 Å². The quantitative estimate of drug-likeness (QED) is 0.601. The molecule has 0 unspecified atom stereocenters. The predicted octanol–water partition coefficient (Wildman–Crippen LogP) is 4.74. The van der Waals surface area contributed by atoms with Crippen LogP contribution in [0.5, 0.6) is 0 Å². The van der Waals surface area contributed by atoms with Gasteiger partial charge in [0.15, 0.2) is 0 Å². The van der Waals surface area contributed by atoms with Crippen molar-refractivity contribution in [2.45, 2.75) is 37.7 Å².